The lowest BCUT2D eigenvalue weighted by Gasteiger charge is -2.07. The first kappa shape index (κ1) is 18.7. The van der Waals surface area contributed by atoms with E-state index in [0.717, 1.165) is 20.5 Å². The van der Waals surface area contributed by atoms with E-state index >= 15 is 0 Å². The fraction of sp³-hybridized carbons (Fsp3) is 0.0952. The van der Waals surface area contributed by atoms with Crippen LogP contribution in [-0.2, 0) is 6.54 Å². The third-order valence-electron chi connectivity index (χ3n) is 4.47. The van der Waals surface area contributed by atoms with Gasteiger partial charge in [0, 0.05) is 20.5 Å². The molecule has 0 unspecified atom stereocenters. The van der Waals surface area contributed by atoms with Gasteiger partial charge in [0.1, 0.15) is 10.6 Å². The largest absolute Gasteiger partial charge is 0.292 e. The van der Waals surface area contributed by atoms with Gasteiger partial charge < -0.3 is 0 Å². The maximum absolute atomic E-state index is 13.1. The van der Waals surface area contributed by atoms with Gasteiger partial charge in [-0.15, -0.1) is 11.3 Å². The van der Waals surface area contributed by atoms with E-state index in [0.29, 0.717) is 15.8 Å². The van der Waals surface area contributed by atoms with Crippen molar-refractivity contribution in [1.82, 2.24) is 9.55 Å². The molecule has 0 aliphatic rings. The predicted octanol–water partition coefficient (Wildman–Crippen LogP) is 5.22. The van der Waals surface area contributed by atoms with Crippen molar-refractivity contribution in [3.8, 4) is 11.1 Å². The van der Waals surface area contributed by atoms with Crippen molar-refractivity contribution in [2.75, 3.05) is 0 Å². The number of thiophene rings is 1. The summed E-state index contributed by atoms with van der Waals surface area (Å²) in [7, 11) is 0. The van der Waals surface area contributed by atoms with Crippen LogP contribution in [0.1, 0.15) is 15.2 Å². The molecule has 7 heteroatoms. The number of carbonyl (C=O) groups excluding carboxylic acids is 1. The second-order valence-corrected chi connectivity index (χ2v) is 8.45. The monoisotopic (exact) mass is 456 g/mol. The third-order valence-corrected chi connectivity index (χ3v) is 6.01. The first-order chi connectivity index (χ1) is 13.4. The molecule has 28 heavy (non-hydrogen) atoms. The van der Waals surface area contributed by atoms with Crippen LogP contribution in [0.2, 0.25) is 0 Å². The number of benzene rings is 2. The van der Waals surface area contributed by atoms with Crippen LogP contribution >= 0.6 is 27.3 Å². The molecular formula is C21H14BrFN2O2S. The lowest BCUT2D eigenvalue weighted by Crippen LogP contribution is -2.24. The Kier molecular flexibility index (Phi) is 4.95. The lowest BCUT2D eigenvalue weighted by molar-refractivity contribution is 0.0970. The standard InChI is InChI=1S/C21H14BrFN2O2S/c1-12-18(14-2-6-15(22)7-3-14)19-20(28-12)24-11-25(21(19)27)10-17(26)13-4-8-16(23)9-5-13/h2-9,11H,10H2,1H3. The van der Waals surface area contributed by atoms with Crippen LogP contribution in [0, 0.1) is 12.7 Å². The molecular weight excluding hydrogens is 443 g/mol. The summed E-state index contributed by atoms with van der Waals surface area (Å²) < 4.78 is 15.3. The highest BCUT2D eigenvalue weighted by Gasteiger charge is 2.18. The summed E-state index contributed by atoms with van der Waals surface area (Å²) in [5.74, 6) is -0.690. The highest BCUT2D eigenvalue weighted by molar-refractivity contribution is 9.10. The van der Waals surface area contributed by atoms with Gasteiger partial charge in [-0.1, -0.05) is 28.1 Å². The summed E-state index contributed by atoms with van der Waals surface area (Å²) in [6, 6.07) is 13.0. The number of aromatic nitrogens is 2. The second-order valence-electron chi connectivity index (χ2n) is 6.33. The Hall–Kier alpha value is -2.64. The topological polar surface area (TPSA) is 52.0 Å². The number of aryl methyl sites for hydroxylation is 1. The van der Waals surface area contributed by atoms with Crippen LogP contribution < -0.4 is 5.56 Å². The predicted molar refractivity (Wildman–Crippen MR) is 112 cm³/mol. The minimum Gasteiger partial charge on any atom is -0.292 e. The number of rotatable bonds is 4. The minimum atomic E-state index is -0.412. The van der Waals surface area contributed by atoms with E-state index in [-0.39, 0.29) is 17.9 Å². The van der Waals surface area contributed by atoms with Crippen LogP contribution in [0.15, 0.2) is 64.1 Å². The Morgan fingerprint density at radius 3 is 2.50 bits per heavy atom. The average Bonchev–Trinajstić information content (AvgIpc) is 3.02. The molecule has 0 aliphatic carbocycles. The molecule has 0 saturated heterocycles. The van der Waals surface area contributed by atoms with E-state index in [1.54, 1.807) is 0 Å². The summed E-state index contributed by atoms with van der Waals surface area (Å²) in [6.07, 6.45) is 1.40. The number of hydrogen-bond acceptors (Lipinski definition) is 4. The highest BCUT2D eigenvalue weighted by atomic mass is 79.9. The van der Waals surface area contributed by atoms with Crippen molar-refractivity contribution in [3.05, 3.63) is 85.9 Å². The van der Waals surface area contributed by atoms with Crippen LogP contribution in [0.25, 0.3) is 21.3 Å². The SMILES string of the molecule is Cc1sc2ncn(CC(=O)c3ccc(F)cc3)c(=O)c2c1-c1ccc(Br)cc1. The van der Waals surface area contributed by atoms with Gasteiger partial charge in [0.25, 0.3) is 5.56 Å². The lowest BCUT2D eigenvalue weighted by atomic mass is 10.0. The first-order valence-electron chi connectivity index (χ1n) is 8.47. The van der Waals surface area contributed by atoms with Gasteiger partial charge in [-0.2, -0.15) is 0 Å². The summed E-state index contributed by atoms with van der Waals surface area (Å²) >= 11 is 4.88. The van der Waals surface area contributed by atoms with Gasteiger partial charge in [0.05, 0.1) is 18.3 Å². The molecule has 0 aliphatic heterocycles. The van der Waals surface area contributed by atoms with Gasteiger partial charge in [-0.3, -0.25) is 14.2 Å². The maximum atomic E-state index is 13.1. The van der Waals surface area contributed by atoms with Crippen molar-refractivity contribution in [3.63, 3.8) is 0 Å². The number of halogens is 2. The molecule has 0 spiro atoms. The van der Waals surface area contributed by atoms with E-state index in [1.165, 1.54) is 46.5 Å². The van der Waals surface area contributed by atoms with E-state index in [4.69, 9.17) is 0 Å². The van der Waals surface area contributed by atoms with Gasteiger partial charge in [0.15, 0.2) is 5.78 Å². The van der Waals surface area contributed by atoms with E-state index in [1.807, 2.05) is 31.2 Å². The zero-order valence-electron chi connectivity index (χ0n) is 14.8. The summed E-state index contributed by atoms with van der Waals surface area (Å²) in [6.45, 7) is 1.80. The summed E-state index contributed by atoms with van der Waals surface area (Å²) in [5.41, 5.74) is 1.85. The van der Waals surface area contributed by atoms with Gasteiger partial charge in [0.2, 0.25) is 0 Å². The molecule has 4 aromatic rings. The third kappa shape index (κ3) is 3.43. The maximum Gasteiger partial charge on any atom is 0.263 e. The second kappa shape index (κ2) is 7.41. The Morgan fingerprint density at radius 2 is 1.82 bits per heavy atom. The summed E-state index contributed by atoms with van der Waals surface area (Å²) in [4.78, 5) is 31.7. The van der Waals surface area contributed by atoms with E-state index in [9.17, 15) is 14.0 Å². The summed E-state index contributed by atoms with van der Waals surface area (Å²) in [5, 5.41) is 0.513. The van der Waals surface area contributed by atoms with Crippen molar-refractivity contribution in [2.24, 2.45) is 0 Å². The number of carbonyl (C=O) groups is 1. The van der Waals surface area contributed by atoms with Crippen LogP contribution in [-0.4, -0.2) is 15.3 Å². The number of nitrogens with zero attached hydrogens (tertiary/aromatic N) is 2. The average molecular weight is 457 g/mol. The van der Waals surface area contributed by atoms with Gasteiger partial charge in [-0.25, -0.2) is 9.37 Å². The van der Waals surface area contributed by atoms with E-state index < -0.39 is 5.82 Å². The quantitative estimate of drug-likeness (QED) is 0.395. The zero-order valence-corrected chi connectivity index (χ0v) is 17.2. The molecule has 140 valence electrons. The smallest absolute Gasteiger partial charge is 0.263 e. The van der Waals surface area contributed by atoms with Crippen LogP contribution in [0.5, 0.6) is 0 Å². The number of hydrogen-bond donors (Lipinski definition) is 0. The molecule has 2 aromatic carbocycles. The van der Waals surface area contributed by atoms with Gasteiger partial charge in [-0.05, 0) is 48.9 Å². The molecule has 4 nitrogen and oxygen atoms in total. The molecule has 2 aromatic heterocycles. The molecule has 0 fully saturated rings. The molecule has 4 rings (SSSR count). The molecule has 0 radical (unpaired) electrons. The van der Waals surface area contributed by atoms with Crippen molar-refractivity contribution < 1.29 is 9.18 Å². The highest BCUT2D eigenvalue weighted by Crippen LogP contribution is 2.35. The molecule has 0 N–H and O–H groups in total. The molecule has 0 bridgehead atoms. The van der Waals surface area contributed by atoms with Crippen molar-refractivity contribution in [1.29, 1.82) is 0 Å². The molecule has 0 amide bonds. The van der Waals surface area contributed by atoms with E-state index in [2.05, 4.69) is 20.9 Å². The Bertz CT molecular complexity index is 1240. The van der Waals surface area contributed by atoms with Crippen LogP contribution in [0.4, 0.5) is 4.39 Å². The molecule has 0 saturated carbocycles. The fourth-order valence-corrected chi connectivity index (χ4v) is 4.36. The Balaban J connectivity index is 1.79. The number of Topliss-reactive ketones (excluding diaryl/α,β-unsaturated/α-hetero) is 1. The Morgan fingerprint density at radius 1 is 1.14 bits per heavy atom. The zero-order chi connectivity index (χ0) is 19.8. The van der Waals surface area contributed by atoms with Crippen LogP contribution in [0.3, 0.4) is 0 Å². The first-order valence-corrected chi connectivity index (χ1v) is 10.1. The van der Waals surface area contributed by atoms with Gasteiger partial charge >= 0.3 is 0 Å². The number of fused-ring (bicyclic) bond motifs is 1. The molecule has 0 atom stereocenters. The fourth-order valence-electron chi connectivity index (χ4n) is 3.10. The number of ketones is 1. The van der Waals surface area contributed by atoms with Crippen molar-refractivity contribution in [2.45, 2.75) is 13.5 Å². The molecule has 2 heterocycles. The van der Waals surface area contributed by atoms with Crippen molar-refractivity contribution >= 4 is 43.3 Å². The minimum absolute atomic E-state index is 0.151. The Labute approximate surface area is 172 Å². The normalized spacial score (nSPS) is 11.1.